The Morgan fingerprint density at radius 3 is 2.88 bits per heavy atom. The predicted molar refractivity (Wildman–Crippen MR) is 29.1 cm³/mol. The number of aryl methyl sites for hydroxylation is 1. The van der Waals surface area contributed by atoms with Crippen molar-refractivity contribution in [2.24, 2.45) is 5.73 Å². The molecule has 8 heavy (non-hydrogen) atoms. The summed E-state index contributed by atoms with van der Waals surface area (Å²) in [6, 6.07) is 0. The molecule has 2 N–H and O–H groups in total. The van der Waals surface area contributed by atoms with E-state index in [4.69, 9.17) is 10.2 Å². The Morgan fingerprint density at radius 2 is 2.62 bits per heavy atom. The van der Waals surface area contributed by atoms with E-state index in [1.807, 2.05) is 6.92 Å². The van der Waals surface area contributed by atoms with Crippen LogP contribution in [0.15, 0.2) is 10.8 Å². The van der Waals surface area contributed by atoms with Crippen LogP contribution in [0.4, 0.5) is 0 Å². The zero-order valence-electron chi connectivity index (χ0n) is 4.72. The van der Waals surface area contributed by atoms with Crippen LogP contribution in [0, 0.1) is 6.92 Å². The summed E-state index contributed by atoms with van der Waals surface area (Å²) in [5.74, 6) is 0.769. The van der Waals surface area contributed by atoms with E-state index >= 15 is 0 Å². The molecule has 1 aromatic rings. The van der Waals surface area contributed by atoms with Crippen LogP contribution in [0.5, 0.6) is 0 Å². The Morgan fingerprint density at radius 1 is 1.88 bits per heavy atom. The quantitative estimate of drug-likeness (QED) is 0.573. The lowest BCUT2D eigenvalue weighted by molar-refractivity contribution is 0.504. The Labute approximate surface area is 47.5 Å². The molecule has 0 spiro atoms. The number of nitrogens with two attached hydrogens (primary N) is 1. The molecule has 3 heteroatoms. The van der Waals surface area contributed by atoms with Crippen molar-refractivity contribution >= 4 is 0 Å². The number of oxazole rings is 1. The maximum atomic E-state index is 5.26. The molecule has 0 saturated heterocycles. The molecule has 0 amide bonds. The Hall–Kier alpha value is -0.830. The average Bonchev–Trinajstić information content (AvgIpc) is 2.14. The minimum Gasteiger partial charge on any atom is -0.447 e. The summed E-state index contributed by atoms with van der Waals surface area (Å²) in [5.41, 5.74) is 6.14. The molecule has 0 atom stereocenters. The summed E-state index contributed by atoms with van der Waals surface area (Å²) in [7, 11) is 0. The second kappa shape index (κ2) is 1.96. The second-order valence-corrected chi connectivity index (χ2v) is 1.57. The summed E-state index contributed by atoms with van der Waals surface area (Å²) in [6.07, 6.45) is 1.40. The van der Waals surface area contributed by atoms with Gasteiger partial charge in [0.15, 0.2) is 6.39 Å². The normalized spacial score (nSPS) is 9.75. The van der Waals surface area contributed by atoms with Crippen molar-refractivity contribution in [3.63, 3.8) is 0 Å². The third kappa shape index (κ3) is 0.721. The van der Waals surface area contributed by atoms with Gasteiger partial charge in [-0.15, -0.1) is 0 Å². The maximum Gasteiger partial charge on any atom is 0.181 e. The SMILES string of the molecule is Cc1ncoc1CN. The smallest absolute Gasteiger partial charge is 0.181 e. The first-order chi connectivity index (χ1) is 3.84. The fourth-order valence-electron chi connectivity index (χ4n) is 0.522. The molecule has 1 heterocycles. The summed E-state index contributed by atoms with van der Waals surface area (Å²) >= 11 is 0. The lowest BCUT2D eigenvalue weighted by atomic mass is 10.4. The van der Waals surface area contributed by atoms with Crippen molar-refractivity contribution < 1.29 is 4.42 Å². The van der Waals surface area contributed by atoms with Gasteiger partial charge in [-0.3, -0.25) is 0 Å². The zero-order valence-corrected chi connectivity index (χ0v) is 4.72. The van der Waals surface area contributed by atoms with Gasteiger partial charge in [-0.2, -0.15) is 0 Å². The molecule has 0 aromatic carbocycles. The molecule has 0 fully saturated rings. The molecule has 44 valence electrons. The van der Waals surface area contributed by atoms with E-state index in [-0.39, 0.29) is 0 Å². The van der Waals surface area contributed by atoms with Gasteiger partial charge < -0.3 is 10.2 Å². The predicted octanol–water partition coefficient (Wildman–Crippen LogP) is 0.442. The lowest BCUT2D eigenvalue weighted by Gasteiger charge is -1.85. The van der Waals surface area contributed by atoms with Crippen LogP contribution in [0.2, 0.25) is 0 Å². The number of nitrogens with zero attached hydrogens (tertiary/aromatic N) is 1. The maximum absolute atomic E-state index is 5.26. The fourth-order valence-corrected chi connectivity index (χ4v) is 0.522. The lowest BCUT2D eigenvalue weighted by Crippen LogP contribution is -1.95. The molecular formula is C5H8N2O. The van der Waals surface area contributed by atoms with Crippen molar-refractivity contribution in [3.8, 4) is 0 Å². The van der Waals surface area contributed by atoms with Gasteiger partial charge in [0, 0.05) is 0 Å². The molecule has 1 rings (SSSR count). The topological polar surface area (TPSA) is 52.0 Å². The highest BCUT2D eigenvalue weighted by Gasteiger charge is 1.96. The molecule has 0 aliphatic rings. The minimum atomic E-state index is 0.436. The highest BCUT2D eigenvalue weighted by atomic mass is 16.3. The van der Waals surface area contributed by atoms with Gasteiger partial charge in [-0.1, -0.05) is 0 Å². The molecular weight excluding hydrogens is 104 g/mol. The largest absolute Gasteiger partial charge is 0.447 e. The van der Waals surface area contributed by atoms with E-state index in [1.54, 1.807) is 0 Å². The zero-order chi connectivity index (χ0) is 5.98. The van der Waals surface area contributed by atoms with Crippen LogP contribution in [0.25, 0.3) is 0 Å². The molecule has 0 saturated carbocycles. The Balaban J connectivity index is 2.92. The molecule has 0 aliphatic heterocycles. The summed E-state index contributed by atoms with van der Waals surface area (Å²) in [4.78, 5) is 3.84. The van der Waals surface area contributed by atoms with E-state index in [1.165, 1.54) is 6.39 Å². The van der Waals surface area contributed by atoms with Gasteiger partial charge in [-0.25, -0.2) is 4.98 Å². The molecule has 0 aliphatic carbocycles. The van der Waals surface area contributed by atoms with Crippen LogP contribution in [-0.4, -0.2) is 4.98 Å². The summed E-state index contributed by atoms with van der Waals surface area (Å²) in [5, 5.41) is 0. The number of hydrogen-bond acceptors (Lipinski definition) is 3. The molecule has 0 radical (unpaired) electrons. The fraction of sp³-hybridized carbons (Fsp3) is 0.400. The highest BCUT2D eigenvalue weighted by Crippen LogP contribution is 2.01. The molecule has 3 nitrogen and oxygen atoms in total. The number of aromatic nitrogens is 1. The minimum absolute atomic E-state index is 0.436. The van der Waals surface area contributed by atoms with Crippen molar-refractivity contribution in [1.29, 1.82) is 0 Å². The van der Waals surface area contributed by atoms with Gasteiger partial charge in [0.2, 0.25) is 0 Å². The van der Waals surface area contributed by atoms with Crippen LogP contribution in [0.3, 0.4) is 0 Å². The van der Waals surface area contributed by atoms with Gasteiger partial charge in [0.05, 0.1) is 12.2 Å². The van der Waals surface area contributed by atoms with Crippen LogP contribution in [0.1, 0.15) is 11.5 Å². The number of rotatable bonds is 1. The van der Waals surface area contributed by atoms with Crippen molar-refractivity contribution in [2.45, 2.75) is 13.5 Å². The molecule has 0 bridgehead atoms. The van der Waals surface area contributed by atoms with Crippen molar-refractivity contribution in [1.82, 2.24) is 4.98 Å². The monoisotopic (exact) mass is 112 g/mol. The van der Waals surface area contributed by atoms with Gasteiger partial charge >= 0.3 is 0 Å². The van der Waals surface area contributed by atoms with Crippen molar-refractivity contribution in [3.05, 3.63) is 17.8 Å². The molecule has 0 unspecified atom stereocenters. The van der Waals surface area contributed by atoms with Crippen molar-refractivity contribution in [2.75, 3.05) is 0 Å². The van der Waals surface area contributed by atoms with E-state index in [9.17, 15) is 0 Å². The average molecular weight is 112 g/mol. The summed E-state index contributed by atoms with van der Waals surface area (Å²) in [6.45, 7) is 2.30. The van der Waals surface area contributed by atoms with Gasteiger partial charge in [-0.05, 0) is 6.92 Å². The van der Waals surface area contributed by atoms with Crippen LogP contribution < -0.4 is 5.73 Å². The van der Waals surface area contributed by atoms with E-state index in [2.05, 4.69) is 4.98 Å². The van der Waals surface area contributed by atoms with E-state index in [0.29, 0.717) is 6.54 Å². The standard InChI is InChI=1S/C5H8N2O/c1-4-5(2-6)8-3-7-4/h3H,2,6H2,1H3. The van der Waals surface area contributed by atoms with E-state index < -0.39 is 0 Å². The highest BCUT2D eigenvalue weighted by molar-refractivity contribution is 5.02. The third-order valence-corrected chi connectivity index (χ3v) is 1.03. The summed E-state index contributed by atoms with van der Waals surface area (Å²) < 4.78 is 4.88. The second-order valence-electron chi connectivity index (χ2n) is 1.57. The first-order valence-electron chi connectivity index (χ1n) is 2.43. The van der Waals surface area contributed by atoms with Crippen LogP contribution >= 0.6 is 0 Å². The Bertz CT molecular complexity index is 171. The first-order valence-corrected chi connectivity index (χ1v) is 2.43. The van der Waals surface area contributed by atoms with Gasteiger partial charge in [0.25, 0.3) is 0 Å². The Kier molecular flexibility index (Phi) is 1.30. The number of hydrogen-bond donors (Lipinski definition) is 1. The van der Waals surface area contributed by atoms with Gasteiger partial charge in [0.1, 0.15) is 5.76 Å². The van der Waals surface area contributed by atoms with E-state index in [0.717, 1.165) is 11.5 Å². The first kappa shape index (κ1) is 5.31. The molecule has 1 aromatic heterocycles. The third-order valence-electron chi connectivity index (χ3n) is 1.03. The van der Waals surface area contributed by atoms with Crippen LogP contribution in [-0.2, 0) is 6.54 Å².